The molecule has 0 aliphatic carbocycles. The first-order valence-corrected chi connectivity index (χ1v) is 8.15. The summed E-state index contributed by atoms with van der Waals surface area (Å²) < 4.78 is 10.9. The van der Waals surface area contributed by atoms with Crippen molar-refractivity contribution < 1.29 is 13.9 Å². The first kappa shape index (κ1) is 16.8. The fourth-order valence-electron chi connectivity index (χ4n) is 2.34. The molecule has 0 radical (unpaired) electrons. The van der Waals surface area contributed by atoms with Gasteiger partial charge >= 0.3 is 0 Å². The number of amides is 1. The highest BCUT2D eigenvalue weighted by atomic mass is 16.5. The van der Waals surface area contributed by atoms with Crippen LogP contribution in [0.25, 0.3) is 0 Å². The highest BCUT2D eigenvalue weighted by molar-refractivity contribution is 5.91. The lowest BCUT2D eigenvalue weighted by molar-refractivity contribution is 0.0926. The molecule has 0 spiro atoms. The van der Waals surface area contributed by atoms with E-state index in [1.165, 1.54) is 6.26 Å². The molecule has 25 heavy (non-hydrogen) atoms. The molecule has 128 valence electrons. The number of ether oxygens (including phenoxy) is 1. The van der Waals surface area contributed by atoms with Crippen LogP contribution in [0.5, 0.6) is 11.5 Å². The van der Waals surface area contributed by atoms with Crippen molar-refractivity contribution in [2.45, 2.75) is 6.54 Å². The van der Waals surface area contributed by atoms with Crippen LogP contribution in [0.15, 0.2) is 77.4 Å². The summed E-state index contributed by atoms with van der Waals surface area (Å²) in [6, 6.07) is 21.0. The van der Waals surface area contributed by atoms with Crippen LogP contribution in [-0.2, 0) is 6.54 Å². The Hall–Kier alpha value is -3.05. The van der Waals surface area contributed by atoms with Crippen molar-refractivity contribution in [2.75, 3.05) is 13.1 Å². The number of hydrogen-bond acceptors (Lipinski definition) is 4. The molecular formula is C20H20N2O3. The molecule has 0 bridgehead atoms. The van der Waals surface area contributed by atoms with E-state index in [0.29, 0.717) is 25.4 Å². The Morgan fingerprint density at radius 1 is 0.920 bits per heavy atom. The maximum atomic E-state index is 11.7. The monoisotopic (exact) mass is 336 g/mol. The quantitative estimate of drug-likeness (QED) is 0.617. The fraction of sp³-hybridized carbons (Fsp3) is 0.150. The van der Waals surface area contributed by atoms with Gasteiger partial charge in [0.25, 0.3) is 5.91 Å². The summed E-state index contributed by atoms with van der Waals surface area (Å²) in [5.41, 5.74) is 1.12. The van der Waals surface area contributed by atoms with Gasteiger partial charge in [-0.15, -0.1) is 0 Å². The molecule has 3 rings (SSSR count). The number of carbonyl (C=O) groups excluding carboxylic acids is 1. The topological polar surface area (TPSA) is 63.5 Å². The van der Waals surface area contributed by atoms with Crippen LogP contribution in [-0.4, -0.2) is 19.0 Å². The minimum atomic E-state index is -0.204. The second kappa shape index (κ2) is 8.70. The van der Waals surface area contributed by atoms with Gasteiger partial charge in [0.2, 0.25) is 0 Å². The number of nitrogens with one attached hydrogen (secondary N) is 2. The van der Waals surface area contributed by atoms with E-state index in [1.807, 2.05) is 54.6 Å². The molecule has 0 fully saturated rings. The third-order valence-electron chi connectivity index (χ3n) is 3.54. The lowest BCUT2D eigenvalue weighted by atomic mass is 10.2. The van der Waals surface area contributed by atoms with E-state index in [2.05, 4.69) is 10.6 Å². The van der Waals surface area contributed by atoms with Crippen LogP contribution >= 0.6 is 0 Å². The predicted molar refractivity (Wildman–Crippen MR) is 95.7 cm³/mol. The fourth-order valence-corrected chi connectivity index (χ4v) is 2.34. The van der Waals surface area contributed by atoms with Crippen molar-refractivity contribution in [1.82, 2.24) is 10.6 Å². The maximum Gasteiger partial charge on any atom is 0.287 e. The predicted octanol–water partition coefficient (Wildman–Crippen LogP) is 3.59. The van der Waals surface area contributed by atoms with Gasteiger partial charge in [-0.2, -0.15) is 0 Å². The zero-order valence-electron chi connectivity index (χ0n) is 13.8. The van der Waals surface area contributed by atoms with Gasteiger partial charge in [-0.1, -0.05) is 30.3 Å². The minimum Gasteiger partial charge on any atom is -0.459 e. The molecule has 1 heterocycles. The number of benzene rings is 2. The molecule has 2 aromatic carbocycles. The Morgan fingerprint density at radius 2 is 1.76 bits per heavy atom. The summed E-state index contributed by atoms with van der Waals surface area (Å²) in [4.78, 5) is 11.7. The van der Waals surface area contributed by atoms with Crippen molar-refractivity contribution in [3.63, 3.8) is 0 Å². The first-order chi connectivity index (χ1) is 12.3. The smallest absolute Gasteiger partial charge is 0.287 e. The number of rotatable bonds is 8. The minimum absolute atomic E-state index is 0.204. The van der Waals surface area contributed by atoms with E-state index in [4.69, 9.17) is 9.15 Å². The van der Waals surface area contributed by atoms with Gasteiger partial charge in [0.05, 0.1) is 6.26 Å². The Labute approximate surface area is 146 Å². The number of furan rings is 1. The normalized spacial score (nSPS) is 10.4. The highest BCUT2D eigenvalue weighted by Gasteiger charge is 2.06. The van der Waals surface area contributed by atoms with Crippen molar-refractivity contribution in [1.29, 1.82) is 0 Å². The van der Waals surface area contributed by atoms with E-state index >= 15 is 0 Å². The van der Waals surface area contributed by atoms with E-state index in [0.717, 1.165) is 17.1 Å². The van der Waals surface area contributed by atoms with Gasteiger partial charge in [-0.05, 0) is 42.0 Å². The molecule has 0 aliphatic rings. The van der Waals surface area contributed by atoms with Crippen LogP contribution in [0.3, 0.4) is 0 Å². The molecule has 2 N–H and O–H groups in total. The molecule has 1 aromatic heterocycles. The van der Waals surface area contributed by atoms with E-state index in [9.17, 15) is 4.79 Å². The third kappa shape index (κ3) is 5.22. The van der Waals surface area contributed by atoms with Crippen molar-refractivity contribution in [3.05, 3.63) is 84.3 Å². The summed E-state index contributed by atoms with van der Waals surface area (Å²) in [6.45, 7) is 1.89. The Bertz CT molecular complexity index is 786. The summed E-state index contributed by atoms with van der Waals surface area (Å²) >= 11 is 0. The van der Waals surface area contributed by atoms with Crippen LogP contribution in [0.4, 0.5) is 0 Å². The molecular weight excluding hydrogens is 316 g/mol. The molecule has 0 aliphatic heterocycles. The van der Waals surface area contributed by atoms with E-state index < -0.39 is 0 Å². The zero-order valence-corrected chi connectivity index (χ0v) is 13.8. The molecule has 0 saturated carbocycles. The molecule has 0 atom stereocenters. The molecule has 1 amide bonds. The molecule has 0 unspecified atom stereocenters. The van der Waals surface area contributed by atoms with Crippen LogP contribution in [0, 0.1) is 0 Å². The Balaban J connectivity index is 1.41. The van der Waals surface area contributed by atoms with Crippen LogP contribution < -0.4 is 15.4 Å². The molecule has 5 nitrogen and oxygen atoms in total. The number of para-hydroxylation sites is 1. The van der Waals surface area contributed by atoms with Gasteiger partial charge in [0, 0.05) is 19.6 Å². The summed E-state index contributed by atoms with van der Waals surface area (Å²) in [6.07, 6.45) is 1.48. The Morgan fingerprint density at radius 3 is 2.56 bits per heavy atom. The van der Waals surface area contributed by atoms with E-state index in [-0.39, 0.29) is 5.91 Å². The zero-order chi connectivity index (χ0) is 17.3. The second-order valence-corrected chi connectivity index (χ2v) is 5.47. The van der Waals surface area contributed by atoms with Gasteiger partial charge < -0.3 is 19.8 Å². The maximum absolute atomic E-state index is 11.7. The van der Waals surface area contributed by atoms with Gasteiger partial charge in [0.15, 0.2) is 5.76 Å². The molecule has 5 heteroatoms. The average molecular weight is 336 g/mol. The van der Waals surface area contributed by atoms with Gasteiger partial charge in [-0.3, -0.25) is 4.79 Å². The molecule has 0 saturated heterocycles. The second-order valence-electron chi connectivity index (χ2n) is 5.47. The average Bonchev–Trinajstić information content (AvgIpc) is 3.17. The van der Waals surface area contributed by atoms with Crippen molar-refractivity contribution >= 4 is 5.91 Å². The standard InChI is InChI=1S/C20H20N2O3/c23-20(19-10-5-13-24-19)22-12-11-21-15-16-6-4-9-18(14-16)25-17-7-2-1-3-8-17/h1-10,13-14,21H,11-12,15H2,(H,22,23). The lowest BCUT2D eigenvalue weighted by Gasteiger charge is -2.09. The van der Waals surface area contributed by atoms with Gasteiger partial charge in [-0.25, -0.2) is 0 Å². The van der Waals surface area contributed by atoms with Crippen LogP contribution in [0.1, 0.15) is 16.1 Å². The highest BCUT2D eigenvalue weighted by Crippen LogP contribution is 2.21. The number of carbonyl (C=O) groups is 1. The summed E-state index contributed by atoms with van der Waals surface area (Å²) in [5.74, 6) is 1.74. The SMILES string of the molecule is O=C(NCCNCc1cccc(Oc2ccccc2)c1)c1ccco1. The third-order valence-corrected chi connectivity index (χ3v) is 3.54. The molecule has 3 aromatic rings. The largest absolute Gasteiger partial charge is 0.459 e. The van der Waals surface area contributed by atoms with Crippen molar-refractivity contribution in [3.8, 4) is 11.5 Å². The first-order valence-electron chi connectivity index (χ1n) is 8.15. The lowest BCUT2D eigenvalue weighted by Crippen LogP contribution is -2.31. The Kier molecular flexibility index (Phi) is 5.85. The van der Waals surface area contributed by atoms with Crippen molar-refractivity contribution in [2.24, 2.45) is 0 Å². The van der Waals surface area contributed by atoms with Gasteiger partial charge in [0.1, 0.15) is 11.5 Å². The van der Waals surface area contributed by atoms with E-state index in [1.54, 1.807) is 12.1 Å². The summed E-state index contributed by atoms with van der Waals surface area (Å²) in [7, 11) is 0. The number of hydrogen-bond donors (Lipinski definition) is 2. The summed E-state index contributed by atoms with van der Waals surface area (Å²) in [5, 5.41) is 6.09. The van der Waals surface area contributed by atoms with Crippen LogP contribution in [0.2, 0.25) is 0 Å².